The van der Waals surface area contributed by atoms with E-state index in [0.29, 0.717) is 38.2 Å². The summed E-state index contributed by atoms with van der Waals surface area (Å²) in [7, 11) is 0. The lowest BCUT2D eigenvalue weighted by Gasteiger charge is -2.37. The van der Waals surface area contributed by atoms with Gasteiger partial charge in [-0.15, -0.1) is 0 Å². The molecule has 2 aliphatic rings. The molecule has 0 aliphatic carbocycles. The smallest absolute Gasteiger partial charge is 0.255 e. The average molecular weight is 364 g/mol. The second-order valence-corrected chi connectivity index (χ2v) is 7.13. The van der Waals surface area contributed by atoms with Crippen LogP contribution in [0.4, 0.5) is 5.69 Å². The van der Waals surface area contributed by atoms with Crippen LogP contribution in [0, 0.1) is 0 Å². The van der Waals surface area contributed by atoms with E-state index in [1.807, 2.05) is 23.1 Å². The lowest BCUT2D eigenvalue weighted by molar-refractivity contribution is -0.129. The number of benzene rings is 1. The summed E-state index contributed by atoms with van der Waals surface area (Å²) in [5.41, 5.74) is 3.94. The quantitative estimate of drug-likeness (QED) is 0.817. The molecule has 6 heteroatoms. The fourth-order valence-electron chi connectivity index (χ4n) is 3.92. The lowest BCUT2D eigenvalue weighted by Crippen LogP contribution is -2.49. The lowest BCUT2D eigenvalue weighted by atomic mass is 9.96. The number of piperazine rings is 1. The molecular weight excluding hydrogens is 340 g/mol. The first kappa shape index (κ1) is 17.5. The molecule has 0 saturated carbocycles. The van der Waals surface area contributed by atoms with Crippen molar-refractivity contribution in [2.75, 3.05) is 37.6 Å². The summed E-state index contributed by atoms with van der Waals surface area (Å²) in [6.07, 6.45) is 4.19. The molecule has 0 radical (unpaired) electrons. The Morgan fingerprint density at radius 1 is 0.926 bits per heavy atom. The maximum Gasteiger partial charge on any atom is 0.255 e. The van der Waals surface area contributed by atoms with Gasteiger partial charge in [-0.3, -0.25) is 14.6 Å². The van der Waals surface area contributed by atoms with Crippen molar-refractivity contribution in [2.45, 2.75) is 19.9 Å². The molecule has 0 N–H and O–H groups in total. The van der Waals surface area contributed by atoms with E-state index in [0.717, 1.165) is 24.2 Å². The zero-order valence-electron chi connectivity index (χ0n) is 15.6. The number of rotatable bonds is 2. The van der Waals surface area contributed by atoms with E-state index in [-0.39, 0.29) is 11.8 Å². The predicted molar refractivity (Wildman–Crippen MR) is 104 cm³/mol. The number of nitrogens with zero attached hydrogens (tertiary/aromatic N) is 4. The fraction of sp³-hybridized carbons (Fsp3) is 0.381. The summed E-state index contributed by atoms with van der Waals surface area (Å²) < 4.78 is 0. The largest absolute Gasteiger partial charge is 0.368 e. The highest BCUT2D eigenvalue weighted by atomic mass is 16.2. The van der Waals surface area contributed by atoms with Crippen molar-refractivity contribution in [3.05, 3.63) is 59.4 Å². The van der Waals surface area contributed by atoms with Gasteiger partial charge < -0.3 is 14.7 Å². The summed E-state index contributed by atoms with van der Waals surface area (Å²) in [6.45, 7) is 5.86. The molecule has 0 spiro atoms. The zero-order chi connectivity index (χ0) is 18.8. The Kier molecular flexibility index (Phi) is 4.79. The molecule has 2 amide bonds. The number of carbonyl (C=O) groups is 2. The molecule has 0 atom stereocenters. The van der Waals surface area contributed by atoms with Crippen LogP contribution >= 0.6 is 0 Å². The number of para-hydroxylation sites is 1. The number of hydrogen-bond donors (Lipinski definition) is 0. The molecule has 2 aliphatic heterocycles. The van der Waals surface area contributed by atoms with Crippen molar-refractivity contribution >= 4 is 17.5 Å². The van der Waals surface area contributed by atoms with E-state index < -0.39 is 0 Å². The molecule has 1 aromatic heterocycles. The molecule has 1 aromatic carbocycles. The Morgan fingerprint density at radius 3 is 2.37 bits per heavy atom. The Balaban J connectivity index is 1.47. The van der Waals surface area contributed by atoms with Crippen LogP contribution in [0.25, 0.3) is 0 Å². The number of aromatic nitrogens is 1. The molecule has 2 aromatic rings. The van der Waals surface area contributed by atoms with Gasteiger partial charge >= 0.3 is 0 Å². The van der Waals surface area contributed by atoms with Crippen molar-refractivity contribution in [1.29, 1.82) is 0 Å². The number of carbonyl (C=O) groups excluding carboxylic acids is 2. The molecule has 140 valence electrons. The van der Waals surface area contributed by atoms with Crippen LogP contribution in [-0.4, -0.2) is 59.3 Å². The van der Waals surface area contributed by atoms with Crippen molar-refractivity contribution < 1.29 is 9.59 Å². The van der Waals surface area contributed by atoms with Crippen LogP contribution in [0.1, 0.15) is 28.4 Å². The number of hydrogen-bond acceptors (Lipinski definition) is 4. The summed E-state index contributed by atoms with van der Waals surface area (Å²) >= 11 is 0. The van der Waals surface area contributed by atoms with Crippen LogP contribution in [-0.2, 0) is 17.8 Å². The maximum absolute atomic E-state index is 13.1. The van der Waals surface area contributed by atoms with Crippen LogP contribution in [0.5, 0.6) is 0 Å². The number of fused-ring (bicyclic) bond motifs is 1. The molecule has 0 bridgehead atoms. The summed E-state index contributed by atoms with van der Waals surface area (Å²) in [5.74, 6) is 0.123. The van der Waals surface area contributed by atoms with E-state index in [4.69, 9.17) is 0 Å². The highest BCUT2D eigenvalue weighted by Gasteiger charge is 2.27. The van der Waals surface area contributed by atoms with Crippen LogP contribution in [0.3, 0.4) is 0 Å². The Morgan fingerprint density at radius 2 is 1.67 bits per heavy atom. The van der Waals surface area contributed by atoms with E-state index in [2.05, 4.69) is 22.0 Å². The summed E-state index contributed by atoms with van der Waals surface area (Å²) in [5, 5.41) is 0. The zero-order valence-corrected chi connectivity index (χ0v) is 15.6. The standard InChI is InChI=1S/C21H24N4O2/c1-16(26)25-8-7-19-17(15-25)13-22-14-20(19)21(27)24-11-9-23(10-12-24)18-5-3-2-4-6-18/h2-6,13-14H,7-12,15H2,1H3. The second kappa shape index (κ2) is 7.39. The normalized spacial score (nSPS) is 16.9. The number of pyridine rings is 1. The Hall–Kier alpha value is -2.89. The first-order chi connectivity index (χ1) is 13.1. The molecule has 3 heterocycles. The van der Waals surface area contributed by atoms with E-state index in [9.17, 15) is 9.59 Å². The number of anilines is 1. The first-order valence-corrected chi connectivity index (χ1v) is 9.44. The second-order valence-electron chi connectivity index (χ2n) is 7.13. The van der Waals surface area contributed by atoms with Crippen molar-refractivity contribution in [2.24, 2.45) is 0 Å². The third-order valence-electron chi connectivity index (χ3n) is 5.50. The predicted octanol–water partition coefficient (Wildman–Crippen LogP) is 1.95. The van der Waals surface area contributed by atoms with Gasteiger partial charge in [0.2, 0.25) is 5.91 Å². The topological polar surface area (TPSA) is 56.8 Å². The minimum Gasteiger partial charge on any atom is -0.368 e. The molecule has 4 rings (SSSR count). The van der Waals surface area contributed by atoms with Gasteiger partial charge in [0.25, 0.3) is 5.91 Å². The van der Waals surface area contributed by atoms with Crippen molar-refractivity contribution in [3.63, 3.8) is 0 Å². The Labute approximate surface area is 159 Å². The van der Waals surface area contributed by atoms with E-state index in [1.165, 1.54) is 5.69 Å². The molecular formula is C21H24N4O2. The van der Waals surface area contributed by atoms with Gasteiger partial charge in [0.05, 0.1) is 5.56 Å². The molecule has 1 fully saturated rings. The summed E-state index contributed by atoms with van der Waals surface area (Å²) in [6, 6.07) is 10.3. The van der Waals surface area contributed by atoms with Gasteiger partial charge in [0.1, 0.15) is 0 Å². The molecule has 6 nitrogen and oxygen atoms in total. The number of amides is 2. The fourth-order valence-corrected chi connectivity index (χ4v) is 3.92. The van der Waals surface area contributed by atoms with Crippen LogP contribution in [0.15, 0.2) is 42.7 Å². The minimum absolute atomic E-state index is 0.0586. The summed E-state index contributed by atoms with van der Waals surface area (Å²) in [4.78, 5) is 35.1. The van der Waals surface area contributed by atoms with Gasteiger partial charge in [-0.1, -0.05) is 18.2 Å². The molecule has 27 heavy (non-hydrogen) atoms. The first-order valence-electron chi connectivity index (χ1n) is 9.44. The molecule has 1 saturated heterocycles. The monoisotopic (exact) mass is 364 g/mol. The van der Waals surface area contributed by atoms with Crippen molar-refractivity contribution in [3.8, 4) is 0 Å². The molecule has 0 unspecified atom stereocenters. The Bertz CT molecular complexity index is 845. The van der Waals surface area contributed by atoms with Gasteiger partial charge in [-0.25, -0.2) is 0 Å². The van der Waals surface area contributed by atoms with Crippen LogP contribution < -0.4 is 4.90 Å². The van der Waals surface area contributed by atoms with Gasteiger partial charge in [0, 0.05) is 64.3 Å². The van der Waals surface area contributed by atoms with Gasteiger partial charge in [-0.2, -0.15) is 0 Å². The van der Waals surface area contributed by atoms with Gasteiger partial charge in [-0.05, 0) is 29.7 Å². The van der Waals surface area contributed by atoms with Crippen molar-refractivity contribution in [1.82, 2.24) is 14.8 Å². The highest BCUT2D eigenvalue weighted by molar-refractivity contribution is 5.96. The minimum atomic E-state index is 0.0586. The SMILES string of the molecule is CC(=O)N1CCc2c(cncc2C(=O)N2CCN(c3ccccc3)CC2)C1. The highest BCUT2D eigenvalue weighted by Crippen LogP contribution is 2.24. The third kappa shape index (κ3) is 3.52. The average Bonchev–Trinajstić information content (AvgIpc) is 2.73. The maximum atomic E-state index is 13.1. The van der Waals surface area contributed by atoms with Gasteiger partial charge in [0.15, 0.2) is 0 Å². The van der Waals surface area contributed by atoms with E-state index in [1.54, 1.807) is 24.2 Å². The third-order valence-corrected chi connectivity index (χ3v) is 5.50. The van der Waals surface area contributed by atoms with E-state index >= 15 is 0 Å². The van der Waals surface area contributed by atoms with Crippen LogP contribution in [0.2, 0.25) is 0 Å².